The van der Waals surface area contributed by atoms with Gasteiger partial charge in [-0.2, -0.15) is 4.31 Å². The minimum Gasteiger partial charge on any atom is -0.475 e. The van der Waals surface area contributed by atoms with Crippen molar-refractivity contribution in [1.29, 1.82) is 0 Å². The van der Waals surface area contributed by atoms with Crippen molar-refractivity contribution in [3.8, 4) is 0 Å². The number of halogens is 1. The van der Waals surface area contributed by atoms with Crippen molar-refractivity contribution in [2.24, 2.45) is 0 Å². The number of benzene rings is 1. The molecule has 0 spiro atoms. The van der Waals surface area contributed by atoms with Gasteiger partial charge in [0.1, 0.15) is 11.9 Å². The average Bonchev–Trinajstić information content (AvgIpc) is 3.30. The first kappa shape index (κ1) is 19.1. The van der Waals surface area contributed by atoms with E-state index in [2.05, 4.69) is 5.32 Å². The molecule has 1 fully saturated rings. The van der Waals surface area contributed by atoms with Gasteiger partial charge in [-0.25, -0.2) is 17.6 Å². The summed E-state index contributed by atoms with van der Waals surface area (Å²) in [5.74, 6) is -2.92. The van der Waals surface area contributed by atoms with Crippen LogP contribution >= 0.6 is 0 Å². The molecule has 1 amide bonds. The predicted octanol–water partition coefficient (Wildman–Crippen LogP) is 1.59. The average molecular weight is 396 g/mol. The van der Waals surface area contributed by atoms with E-state index >= 15 is 0 Å². The SMILES string of the molecule is O=C(O)c1ccc(S(=O)(=O)N2CCCC2C(=O)NCc2ccccc2F)o1. The predicted molar refractivity (Wildman–Crippen MR) is 90.8 cm³/mol. The monoisotopic (exact) mass is 396 g/mol. The molecular weight excluding hydrogens is 379 g/mol. The van der Waals surface area contributed by atoms with Gasteiger partial charge in [-0.3, -0.25) is 4.79 Å². The smallest absolute Gasteiger partial charge is 0.371 e. The lowest BCUT2D eigenvalue weighted by atomic mass is 10.2. The number of furan rings is 1. The molecule has 0 aliphatic carbocycles. The maximum atomic E-state index is 13.7. The molecule has 3 rings (SSSR count). The van der Waals surface area contributed by atoms with Crippen LogP contribution in [0.2, 0.25) is 0 Å². The summed E-state index contributed by atoms with van der Waals surface area (Å²) in [5.41, 5.74) is 0.287. The fourth-order valence-corrected chi connectivity index (χ4v) is 4.49. The molecule has 27 heavy (non-hydrogen) atoms. The Kier molecular flexibility index (Phi) is 5.29. The van der Waals surface area contributed by atoms with Crippen molar-refractivity contribution >= 4 is 21.9 Å². The lowest BCUT2D eigenvalue weighted by Gasteiger charge is -2.22. The van der Waals surface area contributed by atoms with Crippen molar-refractivity contribution in [2.75, 3.05) is 6.54 Å². The van der Waals surface area contributed by atoms with E-state index in [0.717, 1.165) is 16.4 Å². The number of amides is 1. The molecule has 1 unspecified atom stereocenters. The second-order valence-electron chi connectivity index (χ2n) is 6.01. The largest absolute Gasteiger partial charge is 0.475 e. The normalized spacial score (nSPS) is 17.7. The molecular formula is C17H17FN2O6S. The van der Waals surface area contributed by atoms with Crippen LogP contribution in [0.1, 0.15) is 29.0 Å². The van der Waals surface area contributed by atoms with Gasteiger partial charge in [0.05, 0.1) is 0 Å². The Morgan fingerprint density at radius 1 is 1.26 bits per heavy atom. The van der Waals surface area contributed by atoms with Crippen LogP contribution in [0.5, 0.6) is 0 Å². The fourth-order valence-electron chi connectivity index (χ4n) is 2.92. The van der Waals surface area contributed by atoms with Gasteiger partial charge in [0.25, 0.3) is 10.0 Å². The number of hydrogen-bond donors (Lipinski definition) is 2. The second kappa shape index (κ2) is 7.49. The van der Waals surface area contributed by atoms with E-state index in [-0.39, 0.29) is 18.7 Å². The lowest BCUT2D eigenvalue weighted by Crippen LogP contribution is -2.45. The van der Waals surface area contributed by atoms with E-state index in [0.29, 0.717) is 12.8 Å². The van der Waals surface area contributed by atoms with Gasteiger partial charge >= 0.3 is 5.97 Å². The maximum Gasteiger partial charge on any atom is 0.371 e. The Bertz CT molecular complexity index is 971. The summed E-state index contributed by atoms with van der Waals surface area (Å²) in [6.45, 7) is 0.0308. The molecule has 0 saturated carbocycles. The minimum atomic E-state index is -4.17. The molecule has 8 nitrogen and oxygen atoms in total. The van der Waals surface area contributed by atoms with Gasteiger partial charge in [-0.1, -0.05) is 18.2 Å². The quantitative estimate of drug-likeness (QED) is 0.766. The van der Waals surface area contributed by atoms with Crippen molar-refractivity contribution in [1.82, 2.24) is 9.62 Å². The van der Waals surface area contributed by atoms with Gasteiger partial charge in [0, 0.05) is 18.7 Å². The number of carboxylic acids is 1. The van der Waals surface area contributed by atoms with Crippen molar-refractivity contribution in [3.63, 3.8) is 0 Å². The van der Waals surface area contributed by atoms with E-state index in [4.69, 9.17) is 9.52 Å². The van der Waals surface area contributed by atoms with Crippen LogP contribution < -0.4 is 5.32 Å². The summed E-state index contributed by atoms with van der Waals surface area (Å²) >= 11 is 0. The number of nitrogens with zero attached hydrogens (tertiary/aromatic N) is 1. The molecule has 1 aliphatic heterocycles. The Labute approximate surface area is 154 Å². The van der Waals surface area contributed by atoms with Crippen LogP contribution in [0.3, 0.4) is 0 Å². The van der Waals surface area contributed by atoms with Crippen LogP contribution in [-0.2, 0) is 21.4 Å². The van der Waals surface area contributed by atoms with Crippen molar-refractivity contribution in [3.05, 3.63) is 53.5 Å². The van der Waals surface area contributed by atoms with E-state index in [1.807, 2.05) is 0 Å². The summed E-state index contributed by atoms with van der Waals surface area (Å²) in [6.07, 6.45) is 0.762. The first-order valence-corrected chi connectivity index (χ1v) is 9.61. The highest BCUT2D eigenvalue weighted by molar-refractivity contribution is 7.89. The highest BCUT2D eigenvalue weighted by atomic mass is 32.2. The number of rotatable bonds is 6. The molecule has 2 aromatic rings. The number of carbonyl (C=O) groups excluding carboxylic acids is 1. The number of aromatic carboxylic acids is 1. The van der Waals surface area contributed by atoms with Crippen molar-refractivity contribution < 1.29 is 31.9 Å². The molecule has 1 saturated heterocycles. The van der Waals surface area contributed by atoms with E-state index < -0.39 is 44.6 Å². The van der Waals surface area contributed by atoms with E-state index in [1.54, 1.807) is 6.07 Å². The van der Waals surface area contributed by atoms with Gasteiger partial charge in [0.15, 0.2) is 0 Å². The Morgan fingerprint density at radius 3 is 2.67 bits per heavy atom. The Morgan fingerprint density at radius 2 is 2.00 bits per heavy atom. The van der Waals surface area contributed by atoms with E-state index in [9.17, 15) is 22.4 Å². The number of sulfonamides is 1. The number of hydrogen-bond acceptors (Lipinski definition) is 5. The fraction of sp³-hybridized carbons (Fsp3) is 0.294. The highest BCUT2D eigenvalue weighted by Crippen LogP contribution is 2.27. The number of nitrogens with one attached hydrogen (secondary N) is 1. The van der Waals surface area contributed by atoms with Crippen LogP contribution in [0, 0.1) is 5.82 Å². The standard InChI is InChI=1S/C17H17FN2O6S/c18-12-5-2-1-4-11(12)10-19-16(21)13-6-3-9-20(13)27(24,25)15-8-7-14(26-15)17(22)23/h1-2,4-5,7-8,13H,3,6,9-10H2,(H,19,21)(H,22,23). The zero-order valence-corrected chi connectivity index (χ0v) is 14.9. The number of carboxylic acid groups (broad SMARTS) is 1. The molecule has 2 N–H and O–H groups in total. The maximum absolute atomic E-state index is 13.7. The van der Waals surface area contributed by atoms with E-state index in [1.165, 1.54) is 18.2 Å². The third-order valence-corrected chi connectivity index (χ3v) is 6.05. The Hall–Kier alpha value is -2.72. The molecule has 0 bridgehead atoms. The molecule has 1 aliphatic rings. The lowest BCUT2D eigenvalue weighted by molar-refractivity contribution is -0.124. The zero-order chi connectivity index (χ0) is 19.6. The third-order valence-electron chi connectivity index (χ3n) is 4.27. The molecule has 144 valence electrons. The van der Waals surface area contributed by atoms with Crippen LogP contribution in [0.4, 0.5) is 4.39 Å². The molecule has 1 aromatic carbocycles. The first-order valence-electron chi connectivity index (χ1n) is 8.17. The second-order valence-corrected chi connectivity index (χ2v) is 7.83. The number of carbonyl (C=O) groups is 2. The summed E-state index contributed by atoms with van der Waals surface area (Å²) in [4.78, 5) is 23.4. The van der Waals surface area contributed by atoms with Gasteiger partial charge in [-0.15, -0.1) is 0 Å². The Balaban J connectivity index is 1.74. The highest BCUT2D eigenvalue weighted by Gasteiger charge is 2.41. The molecule has 10 heteroatoms. The summed E-state index contributed by atoms with van der Waals surface area (Å²) in [7, 11) is -4.17. The summed E-state index contributed by atoms with van der Waals surface area (Å²) < 4.78 is 44.9. The van der Waals surface area contributed by atoms with Gasteiger partial charge in [-0.05, 0) is 31.0 Å². The van der Waals surface area contributed by atoms with Gasteiger partial charge in [0.2, 0.25) is 16.8 Å². The summed E-state index contributed by atoms with van der Waals surface area (Å²) in [5, 5.41) is 10.9. The molecule has 0 radical (unpaired) electrons. The van der Waals surface area contributed by atoms with Crippen molar-refractivity contribution in [2.45, 2.75) is 30.5 Å². The topological polar surface area (TPSA) is 117 Å². The molecule has 1 atom stereocenters. The first-order chi connectivity index (χ1) is 12.8. The molecule has 1 aromatic heterocycles. The minimum absolute atomic E-state index is 0.0696. The molecule has 2 heterocycles. The third kappa shape index (κ3) is 3.86. The zero-order valence-electron chi connectivity index (χ0n) is 14.1. The van der Waals surface area contributed by atoms with Crippen LogP contribution in [0.25, 0.3) is 0 Å². The van der Waals surface area contributed by atoms with Crippen LogP contribution in [0.15, 0.2) is 45.9 Å². The summed E-state index contributed by atoms with van der Waals surface area (Å²) in [6, 6.07) is 7.07. The van der Waals surface area contributed by atoms with Gasteiger partial charge < -0.3 is 14.8 Å². The van der Waals surface area contributed by atoms with Crippen LogP contribution in [-0.4, -0.2) is 42.3 Å².